The summed E-state index contributed by atoms with van der Waals surface area (Å²) in [6.07, 6.45) is 1.46. The van der Waals surface area contributed by atoms with Crippen LogP contribution >= 0.6 is 0 Å². The van der Waals surface area contributed by atoms with E-state index in [0.29, 0.717) is 21.2 Å². The third-order valence-corrected chi connectivity index (χ3v) is 6.30. The molecule has 0 aliphatic carbocycles. The van der Waals surface area contributed by atoms with E-state index in [9.17, 15) is 0 Å². The molecule has 1 aliphatic rings. The van der Waals surface area contributed by atoms with E-state index in [0.717, 1.165) is 9.84 Å². The van der Waals surface area contributed by atoms with E-state index >= 15 is 0 Å². The third-order valence-electron chi connectivity index (χ3n) is 1.81. The predicted molar refractivity (Wildman–Crippen MR) is 37.2 cm³/mol. The number of halogens is 1. The van der Waals surface area contributed by atoms with Crippen molar-refractivity contribution in [1.29, 1.82) is 0 Å². The zero-order valence-corrected chi connectivity index (χ0v) is 8.31. The molecule has 0 aromatic heterocycles. The zero-order valence-electron chi connectivity index (χ0n) is 6.15. The molecule has 1 rings (SSSR count). The Morgan fingerprint density at radius 1 is 1.67 bits per heavy atom. The first kappa shape index (κ1) is 7.58. The van der Waals surface area contributed by atoms with Gasteiger partial charge in [-0.3, -0.25) is 0 Å². The molecule has 0 saturated carbocycles. The van der Waals surface area contributed by atoms with Crippen molar-refractivity contribution in [3.05, 3.63) is 12.2 Å². The number of rotatable bonds is 1. The maximum atomic E-state index is 4.02. The van der Waals surface area contributed by atoms with Gasteiger partial charge in [0, 0.05) is 0 Å². The molecule has 0 nitrogen and oxygen atoms in total. The quantitative estimate of drug-likeness (QED) is 0.314. The number of hydrogen-bond donors (Lipinski definition) is 0. The van der Waals surface area contributed by atoms with E-state index in [-0.39, 0.29) is 0 Å². The normalized spacial score (nSPS) is 35.8. The molecule has 0 spiro atoms. The number of alkyl halides is 2. The van der Waals surface area contributed by atoms with Gasteiger partial charge in [0.1, 0.15) is 0 Å². The van der Waals surface area contributed by atoms with Gasteiger partial charge in [0.05, 0.1) is 0 Å². The molecule has 0 aromatic carbocycles. The molecule has 0 amide bonds. The summed E-state index contributed by atoms with van der Waals surface area (Å²) in [5, 5.41) is 0. The summed E-state index contributed by atoms with van der Waals surface area (Å²) in [7, 11) is 0. The Kier molecular flexibility index (Phi) is 2.56. The van der Waals surface area contributed by atoms with Crippen molar-refractivity contribution in [2.75, 3.05) is 4.43 Å². The Bertz CT molecular complexity index is 118. The minimum atomic E-state index is 0.496. The van der Waals surface area contributed by atoms with Crippen LogP contribution in [0.15, 0.2) is 12.2 Å². The number of hydrogen-bond acceptors (Lipinski definition) is 0. The van der Waals surface area contributed by atoms with E-state index in [1.807, 2.05) is 0 Å². The molecule has 1 saturated heterocycles. The second kappa shape index (κ2) is 3.04. The SMILES string of the molecule is C=C(C)C1[I-]CCC1C. The van der Waals surface area contributed by atoms with Gasteiger partial charge in [0.2, 0.25) is 0 Å². The van der Waals surface area contributed by atoms with Gasteiger partial charge in [-0.05, 0) is 0 Å². The van der Waals surface area contributed by atoms with Crippen LogP contribution in [0.5, 0.6) is 0 Å². The average Bonchev–Trinajstić information content (AvgIpc) is 2.13. The van der Waals surface area contributed by atoms with E-state index in [2.05, 4.69) is 20.4 Å². The molecular formula is C8H14I-. The first-order chi connectivity index (χ1) is 4.22. The second-order valence-corrected chi connectivity index (χ2v) is 6.16. The Labute approximate surface area is 68.0 Å². The van der Waals surface area contributed by atoms with Crippen molar-refractivity contribution < 1.29 is 21.2 Å². The van der Waals surface area contributed by atoms with Crippen molar-refractivity contribution in [3.8, 4) is 0 Å². The van der Waals surface area contributed by atoms with E-state index in [4.69, 9.17) is 0 Å². The molecule has 9 heavy (non-hydrogen) atoms. The summed E-state index contributed by atoms with van der Waals surface area (Å²) in [6.45, 7) is 8.57. The fourth-order valence-electron chi connectivity index (χ4n) is 1.27. The molecule has 0 aromatic rings. The molecule has 1 aliphatic heterocycles. The van der Waals surface area contributed by atoms with E-state index < -0.39 is 0 Å². The molecule has 1 heteroatoms. The molecule has 0 N–H and O–H groups in total. The van der Waals surface area contributed by atoms with Crippen LogP contribution in [0.1, 0.15) is 20.3 Å². The third kappa shape index (κ3) is 1.69. The van der Waals surface area contributed by atoms with E-state index in [1.54, 1.807) is 0 Å². The van der Waals surface area contributed by atoms with Crippen LogP contribution in [0.2, 0.25) is 0 Å². The van der Waals surface area contributed by atoms with Gasteiger partial charge in [0.15, 0.2) is 0 Å². The summed E-state index contributed by atoms with van der Waals surface area (Å²) >= 11 is 0.496. The minimum absolute atomic E-state index is 0.496. The second-order valence-electron chi connectivity index (χ2n) is 2.86. The monoisotopic (exact) mass is 237 g/mol. The summed E-state index contributed by atoms with van der Waals surface area (Å²) in [5.41, 5.74) is 1.44. The van der Waals surface area contributed by atoms with Gasteiger partial charge in [-0.2, -0.15) is 0 Å². The molecule has 2 unspecified atom stereocenters. The van der Waals surface area contributed by atoms with Crippen molar-refractivity contribution in [1.82, 2.24) is 0 Å². The summed E-state index contributed by atoms with van der Waals surface area (Å²) in [6, 6.07) is 0. The van der Waals surface area contributed by atoms with Crippen LogP contribution < -0.4 is 21.2 Å². The Hall–Kier alpha value is 0.470. The molecular weight excluding hydrogens is 223 g/mol. The fourth-order valence-corrected chi connectivity index (χ4v) is 5.26. The Morgan fingerprint density at radius 3 is 2.56 bits per heavy atom. The summed E-state index contributed by atoms with van der Waals surface area (Å²) in [4.78, 5) is 0. The average molecular weight is 237 g/mol. The number of allylic oxidation sites excluding steroid dienone is 1. The van der Waals surface area contributed by atoms with Crippen LogP contribution in [0.4, 0.5) is 0 Å². The van der Waals surface area contributed by atoms with Gasteiger partial charge in [-0.25, -0.2) is 0 Å². The standard InChI is InChI=1S/C8H14I/c1-6(2)8-7(3)4-5-9-8/h7-8H,1,4-5H2,2-3H3/q-1. The molecule has 1 heterocycles. The van der Waals surface area contributed by atoms with Crippen molar-refractivity contribution in [3.63, 3.8) is 0 Å². The first-order valence-corrected chi connectivity index (χ1v) is 6.22. The fraction of sp³-hybridized carbons (Fsp3) is 0.750. The molecule has 0 bridgehead atoms. The van der Waals surface area contributed by atoms with E-state index in [1.165, 1.54) is 16.4 Å². The van der Waals surface area contributed by atoms with Crippen LogP contribution in [-0.4, -0.2) is 8.35 Å². The molecule has 54 valence electrons. The van der Waals surface area contributed by atoms with Gasteiger partial charge < -0.3 is 0 Å². The van der Waals surface area contributed by atoms with Crippen molar-refractivity contribution >= 4 is 0 Å². The van der Waals surface area contributed by atoms with Crippen LogP contribution in [0, 0.1) is 5.92 Å². The van der Waals surface area contributed by atoms with Gasteiger partial charge in [-0.15, -0.1) is 0 Å². The van der Waals surface area contributed by atoms with Crippen molar-refractivity contribution in [2.45, 2.75) is 24.2 Å². The van der Waals surface area contributed by atoms with Crippen molar-refractivity contribution in [2.24, 2.45) is 5.92 Å². The zero-order chi connectivity index (χ0) is 6.85. The Balaban J connectivity index is 2.49. The predicted octanol–water partition coefficient (Wildman–Crippen LogP) is -0.940. The van der Waals surface area contributed by atoms with Crippen LogP contribution in [-0.2, 0) is 0 Å². The molecule has 2 atom stereocenters. The van der Waals surface area contributed by atoms with Gasteiger partial charge >= 0.3 is 67.9 Å². The van der Waals surface area contributed by atoms with Crippen LogP contribution in [0.25, 0.3) is 0 Å². The Morgan fingerprint density at radius 2 is 2.33 bits per heavy atom. The summed E-state index contributed by atoms with van der Waals surface area (Å²) in [5.74, 6) is 0.954. The topological polar surface area (TPSA) is 0 Å². The summed E-state index contributed by atoms with van der Waals surface area (Å²) < 4.78 is 2.47. The van der Waals surface area contributed by atoms with Gasteiger partial charge in [0.25, 0.3) is 0 Å². The molecule has 0 radical (unpaired) electrons. The first-order valence-electron chi connectivity index (χ1n) is 3.45. The maximum absolute atomic E-state index is 4.02. The van der Waals surface area contributed by atoms with Crippen LogP contribution in [0.3, 0.4) is 0 Å². The molecule has 1 fully saturated rings. The van der Waals surface area contributed by atoms with Gasteiger partial charge in [-0.1, -0.05) is 0 Å².